The van der Waals surface area contributed by atoms with Crippen LogP contribution in [0.25, 0.3) is 0 Å². The van der Waals surface area contributed by atoms with Crippen LogP contribution in [-0.2, 0) is 9.53 Å². The van der Waals surface area contributed by atoms with Crippen molar-refractivity contribution in [2.45, 2.75) is 59.6 Å². The van der Waals surface area contributed by atoms with Crippen molar-refractivity contribution < 1.29 is 19.4 Å². The molecule has 0 radical (unpaired) electrons. The maximum absolute atomic E-state index is 11.5. The fourth-order valence-corrected chi connectivity index (χ4v) is 1.32. The second-order valence-corrected chi connectivity index (χ2v) is 5.99. The van der Waals surface area contributed by atoms with Crippen LogP contribution < -0.4 is 5.32 Å². The highest BCUT2D eigenvalue weighted by atomic mass is 16.6. The predicted octanol–water partition coefficient (Wildman–Crippen LogP) is 2.65. The molecule has 106 valence electrons. The van der Waals surface area contributed by atoms with Crippen molar-refractivity contribution in [3.05, 3.63) is 0 Å². The Morgan fingerprint density at radius 1 is 1.22 bits per heavy atom. The highest BCUT2D eigenvalue weighted by Crippen LogP contribution is 2.16. The molecule has 0 fully saturated rings. The molecular formula is C13H25NO4. The summed E-state index contributed by atoms with van der Waals surface area (Å²) < 4.78 is 5.05. The van der Waals surface area contributed by atoms with Gasteiger partial charge in [-0.3, -0.25) is 0 Å². The van der Waals surface area contributed by atoms with Crippen LogP contribution >= 0.6 is 0 Å². The topological polar surface area (TPSA) is 75.6 Å². The number of carbonyl (C=O) groups is 2. The zero-order valence-electron chi connectivity index (χ0n) is 12.1. The summed E-state index contributed by atoms with van der Waals surface area (Å²) in [7, 11) is 0. The summed E-state index contributed by atoms with van der Waals surface area (Å²) in [6.45, 7) is 11.2. The Kier molecular flexibility index (Phi) is 6.15. The minimum Gasteiger partial charge on any atom is -0.480 e. The van der Waals surface area contributed by atoms with E-state index in [-0.39, 0.29) is 5.92 Å². The van der Waals surface area contributed by atoms with Gasteiger partial charge in [0.1, 0.15) is 11.6 Å². The Hall–Kier alpha value is -1.26. The third-order valence-corrected chi connectivity index (χ3v) is 2.73. The van der Waals surface area contributed by atoms with Crippen molar-refractivity contribution >= 4 is 12.1 Å². The van der Waals surface area contributed by atoms with E-state index >= 15 is 0 Å². The van der Waals surface area contributed by atoms with E-state index in [0.717, 1.165) is 0 Å². The first kappa shape index (κ1) is 16.7. The minimum absolute atomic E-state index is 0.209. The fourth-order valence-electron chi connectivity index (χ4n) is 1.32. The van der Waals surface area contributed by atoms with E-state index in [1.165, 1.54) is 0 Å². The lowest BCUT2D eigenvalue weighted by Crippen LogP contribution is -2.44. The number of carboxylic acid groups (broad SMARTS) is 1. The summed E-state index contributed by atoms with van der Waals surface area (Å²) in [5, 5.41) is 11.5. The van der Waals surface area contributed by atoms with Gasteiger partial charge in [-0.2, -0.15) is 0 Å². The minimum atomic E-state index is -1.03. The van der Waals surface area contributed by atoms with Crippen LogP contribution in [0.5, 0.6) is 0 Å². The molecule has 1 amide bonds. The van der Waals surface area contributed by atoms with Crippen molar-refractivity contribution in [3.63, 3.8) is 0 Å². The van der Waals surface area contributed by atoms with Gasteiger partial charge in [-0.05, 0) is 39.0 Å². The molecular weight excluding hydrogens is 234 g/mol. The van der Waals surface area contributed by atoms with Crippen molar-refractivity contribution in [2.75, 3.05) is 0 Å². The van der Waals surface area contributed by atoms with Crippen LogP contribution in [-0.4, -0.2) is 28.8 Å². The Bertz CT molecular complexity index is 294. The summed E-state index contributed by atoms with van der Waals surface area (Å²) in [5.74, 6) is -0.457. The summed E-state index contributed by atoms with van der Waals surface area (Å²) in [4.78, 5) is 22.6. The first-order valence-corrected chi connectivity index (χ1v) is 6.25. The van der Waals surface area contributed by atoms with E-state index in [1.807, 2.05) is 20.8 Å². The maximum atomic E-state index is 11.5. The summed E-state index contributed by atoms with van der Waals surface area (Å²) >= 11 is 0. The number of hydrogen-bond acceptors (Lipinski definition) is 3. The van der Waals surface area contributed by atoms with Gasteiger partial charge in [-0.1, -0.05) is 20.8 Å². The molecule has 0 heterocycles. The number of ether oxygens (including phenoxy) is 1. The number of carbonyl (C=O) groups excluding carboxylic acids is 1. The molecule has 0 aliphatic rings. The first-order valence-electron chi connectivity index (χ1n) is 6.25. The summed E-state index contributed by atoms with van der Waals surface area (Å²) in [6, 6.07) is -0.905. The third kappa shape index (κ3) is 7.14. The molecule has 0 bridgehead atoms. The van der Waals surface area contributed by atoms with Gasteiger partial charge in [0.25, 0.3) is 0 Å². The maximum Gasteiger partial charge on any atom is 0.408 e. The van der Waals surface area contributed by atoms with Crippen LogP contribution in [0.15, 0.2) is 0 Å². The molecule has 0 aromatic carbocycles. The monoisotopic (exact) mass is 259 g/mol. The van der Waals surface area contributed by atoms with Crippen molar-refractivity contribution in [3.8, 4) is 0 Å². The molecule has 0 saturated heterocycles. The van der Waals surface area contributed by atoms with E-state index in [0.29, 0.717) is 12.3 Å². The average Bonchev–Trinajstić information content (AvgIpc) is 2.12. The molecule has 2 N–H and O–H groups in total. The SMILES string of the molecule is CC(C)[C@H](C)C[C@H](NC(=O)OC(C)(C)C)C(=O)O. The summed E-state index contributed by atoms with van der Waals surface area (Å²) in [5.41, 5.74) is -0.628. The Morgan fingerprint density at radius 2 is 1.72 bits per heavy atom. The van der Waals surface area contributed by atoms with Crippen molar-refractivity contribution in [2.24, 2.45) is 11.8 Å². The van der Waals surface area contributed by atoms with Crippen LogP contribution in [0.2, 0.25) is 0 Å². The smallest absolute Gasteiger partial charge is 0.408 e. The predicted molar refractivity (Wildman–Crippen MR) is 69.4 cm³/mol. The lowest BCUT2D eigenvalue weighted by molar-refractivity contribution is -0.140. The molecule has 5 nitrogen and oxygen atoms in total. The second-order valence-electron chi connectivity index (χ2n) is 5.99. The van der Waals surface area contributed by atoms with E-state index in [2.05, 4.69) is 5.32 Å². The third-order valence-electron chi connectivity index (χ3n) is 2.73. The molecule has 0 aliphatic heterocycles. The Morgan fingerprint density at radius 3 is 2.06 bits per heavy atom. The van der Waals surface area contributed by atoms with E-state index in [1.54, 1.807) is 20.8 Å². The van der Waals surface area contributed by atoms with Gasteiger partial charge in [0, 0.05) is 0 Å². The van der Waals surface area contributed by atoms with Crippen molar-refractivity contribution in [1.82, 2.24) is 5.32 Å². The van der Waals surface area contributed by atoms with Gasteiger partial charge in [-0.25, -0.2) is 9.59 Å². The molecule has 18 heavy (non-hydrogen) atoms. The highest BCUT2D eigenvalue weighted by Gasteiger charge is 2.26. The Balaban J connectivity index is 4.46. The largest absolute Gasteiger partial charge is 0.480 e. The van der Waals surface area contributed by atoms with Gasteiger partial charge in [0.2, 0.25) is 0 Å². The molecule has 0 rings (SSSR count). The number of alkyl carbamates (subject to hydrolysis) is 1. The van der Waals surface area contributed by atoms with Gasteiger partial charge >= 0.3 is 12.1 Å². The first-order chi connectivity index (χ1) is 8.03. The quantitative estimate of drug-likeness (QED) is 0.795. The van der Waals surface area contributed by atoms with Crippen LogP contribution in [0.4, 0.5) is 4.79 Å². The highest BCUT2D eigenvalue weighted by molar-refractivity contribution is 5.79. The molecule has 5 heteroatoms. The van der Waals surface area contributed by atoms with Gasteiger partial charge < -0.3 is 15.2 Å². The lowest BCUT2D eigenvalue weighted by atomic mass is 9.91. The molecule has 0 aliphatic carbocycles. The van der Waals surface area contributed by atoms with Crippen LogP contribution in [0, 0.1) is 11.8 Å². The molecule has 0 unspecified atom stereocenters. The van der Waals surface area contributed by atoms with Crippen LogP contribution in [0.1, 0.15) is 48.0 Å². The molecule has 2 atom stereocenters. The fraction of sp³-hybridized carbons (Fsp3) is 0.846. The van der Waals surface area contributed by atoms with E-state index in [9.17, 15) is 9.59 Å². The van der Waals surface area contributed by atoms with E-state index < -0.39 is 23.7 Å². The number of rotatable bonds is 5. The zero-order chi connectivity index (χ0) is 14.5. The van der Waals surface area contributed by atoms with Gasteiger partial charge in [0.15, 0.2) is 0 Å². The standard InChI is InChI=1S/C13H25NO4/c1-8(2)9(3)7-10(11(15)16)14-12(17)18-13(4,5)6/h8-10H,7H2,1-6H3,(H,14,17)(H,15,16)/t9-,10+/m1/s1. The number of amides is 1. The number of carboxylic acids is 1. The Labute approximate surface area is 109 Å². The summed E-state index contributed by atoms with van der Waals surface area (Å²) in [6.07, 6.45) is -0.294. The second kappa shape index (κ2) is 6.61. The van der Waals surface area contributed by atoms with Crippen LogP contribution in [0.3, 0.4) is 0 Å². The number of hydrogen-bond donors (Lipinski definition) is 2. The normalized spacial score (nSPS) is 15.1. The molecule has 0 aromatic rings. The molecule has 0 spiro atoms. The molecule has 0 aromatic heterocycles. The zero-order valence-corrected chi connectivity index (χ0v) is 12.1. The van der Waals surface area contributed by atoms with Gasteiger partial charge in [0.05, 0.1) is 0 Å². The number of aliphatic carboxylic acids is 1. The van der Waals surface area contributed by atoms with E-state index in [4.69, 9.17) is 9.84 Å². The van der Waals surface area contributed by atoms with Gasteiger partial charge in [-0.15, -0.1) is 0 Å². The molecule has 0 saturated carbocycles. The average molecular weight is 259 g/mol. The van der Waals surface area contributed by atoms with Crippen molar-refractivity contribution in [1.29, 1.82) is 0 Å². The lowest BCUT2D eigenvalue weighted by Gasteiger charge is -2.24. The number of nitrogens with one attached hydrogen (secondary N) is 1.